The summed E-state index contributed by atoms with van der Waals surface area (Å²) in [6.45, 7) is 8.88. The molecule has 0 aliphatic rings. The van der Waals surface area contributed by atoms with E-state index in [1.807, 2.05) is 6.92 Å². The Bertz CT molecular complexity index is 295. The van der Waals surface area contributed by atoms with E-state index in [9.17, 15) is 9.59 Å². The molecule has 0 rings (SSSR count). The molecule has 20 heavy (non-hydrogen) atoms. The molecule has 0 saturated heterocycles. The molecule has 0 aliphatic carbocycles. The number of rotatable bonds is 10. The second-order valence-corrected chi connectivity index (χ2v) is 5.57. The molecule has 2 amide bonds. The number of amides is 2. The Kier molecular flexibility index (Phi) is 9.86. The highest BCUT2D eigenvalue weighted by Crippen LogP contribution is 2.14. The Hall–Kier alpha value is -1.26. The van der Waals surface area contributed by atoms with Gasteiger partial charge in [0.05, 0.1) is 0 Å². The fourth-order valence-corrected chi connectivity index (χ4v) is 2.02. The van der Waals surface area contributed by atoms with Crippen LogP contribution < -0.4 is 10.6 Å². The monoisotopic (exact) mass is 286 g/mol. The van der Waals surface area contributed by atoms with E-state index in [2.05, 4.69) is 31.4 Å². The van der Waals surface area contributed by atoms with E-state index >= 15 is 0 Å². The molecular weight excluding hydrogens is 256 g/mol. The molecule has 0 aliphatic heterocycles. The van der Waals surface area contributed by atoms with E-state index in [0.717, 1.165) is 19.3 Å². The maximum Gasteiger partial charge on any atom is 0.315 e. The first-order chi connectivity index (χ1) is 9.40. The number of urea groups is 1. The summed E-state index contributed by atoms with van der Waals surface area (Å²) in [5.74, 6) is 0.0645. The summed E-state index contributed by atoms with van der Waals surface area (Å²) in [5.41, 5.74) is 0. The van der Waals surface area contributed by atoms with Gasteiger partial charge in [-0.25, -0.2) is 4.79 Å². The van der Waals surface area contributed by atoms with Gasteiger partial charge >= 0.3 is 12.0 Å². The Balaban J connectivity index is 3.85. The van der Waals surface area contributed by atoms with Crippen molar-refractivity contribution >= 4 is 12.0 Å². The van der Waals surface area contributed by atoms with Crippen LogP contribution in [0.1, 0.15) is 59.8 Å². The van der Waals surface area contributed by atoms with Gasteiger partial charge in [-0.15, -0.1) is 0 Å². The second kappa shape index (κ2) is 10.5. The van der Waals surface area contributed by atoms with Gasteiger partial charge in [0.15, 0.2) is 0 Å². The minimum atomic E-state index is -0.753. The Labute approximate surface area is 122 Å². The third kappa shape index (κ3) is 8.77. The Morgan fingerprint density at radius 2 is 1.75 bits per heavy atom. The fraction of sp³-hybridized carbons (Fsp3) is 0.867. The van der Waals surface area contributed by atoms with Gasteiger partial charge in [0.2, 0.25) is 0 Å². The average molecular weight is 286 g/mol. The van der Waals surface area contributed by atoms with Gasteiger partial charge in [0, 0.05) is 19.0 Å². The molecule has 0 aromatic heterocycles. The lowest BCUT2D eigenvalue weighted by Gasteiger charge is -2.20. The summed E-state index contributed by atoms with van der Waals surface area (Å²) in [5, 5.41) is 14.4. The van der Waals surface area contributed by atoms with E-state index in [1.54, 1.807) is 0 Å². The van der Waals surface area contributed by atoms with Gasteiger partial charge in [-0.05, 0) is 31.6 Å². The number of hydrogen-bond donors (Lipinski definition) is 3. The molecule has 3 unspecified atom stereocenters. The van der Waals surface area contributed by atoms with Gasteiger partial charge in [-0.3, -0.25) is 4.79 Å². The van der Waals surface area contributed by atoms with Crippen LogP contribution in [0, 0.1) is 11.8 Å². The predicted octanol–water partition coefficient (Wildman–Crippen LogP) is 3.00. The van der Waals surface area contributed by atoms with Crippen LogP contribution in [-0.4, -0.2) is 29.7 Å². The minimum absolute atomic E-state index is 0.133. The number of carbonyl (C=O) groups is 2. The zero-order chi connectivity index (χ0) is 15.5. The number of carboxylic acids is 1. The van der Waals surface area contributed by atoms with Crippen molar-refractivity contribution in [3.8, 4) is 0 Å². The van der Waals surface area contributed by atoms with Crippen molar-refractivity contribution in [3.05, 3.63) is 0 Å². The second-order valence-electron chi connectivity index (χ2n) is 5.57. The number of nitrogens with one attached hydrogen (secondary N) is 2. The van der Waals surface area contributed by atoms with Crippen molar-refractivity contribution in [2.24, 2.45) is 11.8 Å². The van der Waals surface area contributed by atoms with Crippen molar-refractivity contribution in [2.75, 3.05) is 6.54 Å². The van der Waals surface area contributed by atoms with Crippen molar-refractivity contribution < 1.29 is 14.7 Å². The van der Waals surface area contributed by atoms with E-state index in [-0.39, 0.29) is 18.5 Å². The lowest BCUT2D eigenvalue weighted by atomic mass is 9.97. The van der Waals surface area contributed by atoms with Crippen molar-refractivity contribution in [3.63, 3.8) is 0 Å². The smallest absolute Gasteiger partial charge is 0.315 e. The van der Waals surface area contributed by atoms with Crippen LogP contribution >= 0.6 is 0 Å². The Morgan fingerprint density at radius 3 is 2.25 bits per heavy atom. The topological polar surface area (TPSA) is 78.4 Å². The number of carbonyl (C=O) groups excluding carboxylic acids is 1. The Morgan fingerprint density at radius 1 is 1.10 bits per heavy atom. The van der Waals surface area contributed by atoms with E-state index < -0.39 is 5.97 Å². The molecule has 0 spiro atoms. The highest BCUT2D eigenvalue weighted by Gasteiger charge is 2.13. The van der Waals surface area contributed by atoms with Crippen molar-refractivity contribution in [1.82, 2.24) is 10.6 Å². The molecule has 5 heteroatoms. The molecule has 5 nitrogen and oxygen atoms in total. The molecule has 118 valence electrons. The number of hydrogen-bond acceptors (Lipinski definition) is 2. The zero-order valence-electron chi connectivity index (χ0n) is 13.2. The highest BCUT2D eigenvalue weighted by molar-refractivity contribution is 5.74. The number of aliphatic carboxylic acids is 1. The summed E-state index contributed by atoms with van der Waals surface area (Å²) < 4.78 is 0. The zero-order valence-corrected chi connectivity index (χ0v) is 13.2. The third-order valence-electron chi connectivity index (χ3n) is 4.04. The van der Waals surface area contributed by atoms with Crippen LogP contribution in [0.2, 0.25) is 0 Å². The summed E-state index contributed by atoms with van der Waals surface area (Å²) in [6, 6.07) is 0.0277. The molecule has 3 atom stereocenters. The molecule has 0 heterocycles. The maximum absolute atomic E-state index is 11.7. The summed E-state index contributed by atoms with van der Waals surface area (Å²) in [7, 11) is 0. The van der Waals surface area contributed by atoms with Crippen LogP contribution in [-0.2, 0) is 4.79 Å². The first kappa shape index (κ1) is 18.7. The quantitative estimate of drug-likeness (QED) is 0.577. The van der Waals surface area contributed by atoms with Crippen LogP contribution in [0.15, 0.2) is 0 Å². The average Bonchev–Trinajstić information content (AvgIpc) is 2.41. The minimum Gasteiger partial charge on any atom is -0.481 e. The summed E-state index contributed by atoms with van der Waals surface area (Å²) in [6.07, 6.45) is 3.69. The largest absolute Gasteiger partial charge is 0.481 e. The van der Waals surface area contributed by atoms with Gasteiger partial charge in [0.25, 0.3) is 0 Å². The first-order valence-electron chi connectivity index (χ1n) is 7.66. The van der Waals surface area contributed by atoms with Gasteiger partial charge in [0.1, 0.15) is 0 Å². The molecule has 0 bridgehead atoms. The van der Waals surface area contributed by atoms with E-state index in [1.165, 1.54) is 0 Å². The molecule has 0 fully saturated rings. The van der Waals surface area contributed by atoms with Crippen LogP contribution in [0.3, 0.4) is 0 Å². The molecule has 0 saturated carbocycles. The summed E-state index contributed by atoms with van der Waals surface area (Å²) in [4.78, 5) is 22.2. The molecule has 0 aromatic carbocycles. The van der Waals surface area contributed by atoms with Gasteiger partial charge in [-0.1, -0.05) is 33.6 Å². The highest BCUT2D eigenvalue weighted by atomic mass is 16.4. The summed E-state index contributed by atoms with van der Waals surface area (Å²) >= 11 is 0. The molecule has 0 aromatic rings. The SMILES string of the molecule is CCC(CCNC(=O)NC(C)C(C)CC)CCC(=O)O. The maximum atomic E-state index is 11.7. The molecular formula is C15H30N2O3. The lowest BCUT2D eigenvalue weighted by molar-refractivity contribution is -0.137. The first-order valence-corrected chi connectivity index (χ1v) is 7.66. The number of carboxylic acid groups (broad SMARTS) is 1. The van der Waals surface area contributed by atoms with Crippen molar-refractivity contribution in [2.45, 2.75) is 65.8 Å². The van der Waals surface area contributed by atoms with E-state index in [4.69, 9.17) is 5.11 Å². The predicted molar refractivity (Wildman–Crippen MR) is 80.7 cm³/mol. The van der Waals surface area contributed by atoms with Gasteiger partial charge in [-0.2, -0.15) is 0 Å². The van der Waals surface area contributed by atoms with Crippen LogP contribution in [0.25, 0.3) is 0 Å². The standard InChI is InChI=1S/C15H30N2O3/c1-5-11(3)12(4)17-15(20)16-10-9-13(6-2)7-8-14(18)19/h11-13H,5-10H2,1-4H3,(H,18,19)(H2,16,17,20). The third-order valence-corrected chi connectivity index (χ3v) is 4.04. The molecule has 3 N–H and O–H groups in total. The lowest BCUT2D eigenvalue weighted by Crippen LogP contribution is -2.43. The fourth-order valence-electron chi connectivity index (χ4n) is 2.02. The van der Waals surface area contributed by atoms with Gasteiger partial charge < -0.3 is 15.7 Å². The molecule has 0 radical (unpaired) electrons. The van der Waals surface area contributed by atoms with Crippen LogP contribution in [0.5, 0.6) is 0 Å². The van der Waals surface area contributed by atoms with Crippen molar-refractivity contribution in [1.29, 1.82) is 0 Å². The van der Waals surface area contributed by atoms with Crippen LogP contribution in [0.4, 0.5) is 4.79 Å². The normalized spacial score (nSPS) is 15.2. The van der Waals surface area contributed by atoms with E-state index in [0.29, 0.717) is 24.8 Å².